The Morgan fingerprint density at radius 1 is 0.810 bits per heavy atom. The summed E-state index contributed by atoms with van der Waals surface area (Å²) < 4.78 is 28.9. The smallest absolute Gasteiger partial charge is 0.341 e. The Kier molecular flexibility index (Phi) is 11.4. The number of pyridine rings is 1. The maximum atomic E-state index is 13.0. The molecule has 1 heterocycles. The summed E-state index contributed by atoms with van der Waals surface area (Å²) in [5, 5.41) is 9.77. The number of aryl methyl sites for hydroxylation is 1. The Balaban J connectivity index is 0.000000730. The van der Waals surface area contributed by atoms with Gasteiger partial charge in [0.1, 0.15) is 30.3 Å². The fourth-order valence-corrected chi connectivity index (χ4v) is 4.06. The second kappa shape index (κ2) is 15.1. The zero-order valence-corrected chi connectivity index (χ0v) is 24.3. The molecule has 0 aliphatic carbocycles. The molecular formula is C32H35NO9. The van der Waals surface area contributed by atoms with Crippen LogP contribution in [0.5, 0.6) is 23.0 Å². The van der Waals surface area contributed by atoms with Gasteiger partial charge in [-0.25, -0.2) is 4.79 Å². The van der Waals surface area contributed by atoms with E-state index >= 15 is 0 Å². The second-order valence-corrected chi connectivity index (χ2v) is 8.95. The van der Waals surface area contributed by atoms with Crippen LogP contribution in [-0.2, 0) is 29.3 Å². The molecule has 0 aliphatic rings. The summed E-state index contributed by atoms with van der Waals surface area (Å²) in [5.41, 5.74) is 1.43. The first-order valence-electron chi connectivity index (χ1n) is 13.3. The average molecular weight is 578 g/mol. The Labute approximate surface area is 244 Å². The van der Waals surface area contributed by atoms with Gasteiger partial charge in [0.15, 0.2) is 11.5 Å². The predicted octanol–water partition coefficient (Wildman–Crippen LogP) is 5.46. The van der Waals surface area contributed by atoms with Crippen molar-refractivity contribution in [2.24, 2.45) is 0 Å². The van der Waals surface area contributed by atoms with Crippen LogP contribution >= 0.6 is 0 Å². The van der Waals surface area contributed by atoms with Gasteiger partial charge in [-0.1, -0.05) is 24.3 Å². The summed E-state index contributed by atoms with van der Waals surface area (Å²) in [6, 6.07) is 18.2. The van der Waals surface area contributed by atoms with Crippen LogP contribution in [0.4, 0.5) is 0 Å². The number of fused-ring (bicyclic) bond motifs is 1. The normalized spacial score (nSPS) is 10.3. The van der Waals surface area contributed by atoms with Gasteiger partial charge in [0.2, 0.25) is 5.43 Å². The molecule has 4 aromatic rings. The molecule has 10 heteroatoms. The summed E-state index contributed by atoms with van der Waals surface area (Å²) in [7, 11) is 3.21. The van der Waals surface area contributed by atoms with Crippen LogP contribution in [0.3, 0.4) is 0 Å². The van der Waals surface area contributed by atoms with E-state index in [-0.39, 0.29) is 30.1 Å². The molecule has 0 amide bonds. The number of carboxylic acids is 1. The number of esters is 1. The Bertz CT molecular complexity index is 1560. The van der Waals surface area contributed by atoms with E-state index in [0.717, 1.165) is 22.6 Å². The molecule has 0 unspecified atom stereocenters. The van der Waals surface area contributed by atoms with E-state index < -0.39 is 11.4 Å². The number of nitrogens with zero attached hydrogens (tertiary/aromatic N) is 1. The third-order valence-corrected chi connectivity index (χ3v) is 6.17. The molecule has 0 atom stereocenters. The SMILES string of the molecule is CCOC(C)=O.CCn1cc(C(=O)O)c(=O)c2ccc(OCc3ccc(OC)cc3)c(OCc3ccc(OC)cc3)c21. The second-order valence-electron chi connectivity index (χ2n) is 8.95. The Morgan fingerprint density at radius 2 is 1.36 bits per heavy atom. The molecular weight excluding hydrogens is 542 g/mol. The van der Waals surface area contributed by atoms with Crippen LogP contribution in [0.2, 0.25) is 0 Å². The van der Waals surface area contributed by atoms with Gasteiger partial charge in [-0.15, -0.1) is 0 Å². The molecule has 0 aliphatic heterocycles. The van der Waals surface area contributed by atoms with Gasteiger partial charge in [0.25, 0.3) is 0 Å². The van der Waals surface area contributed by atoms with Gasteiger partial charge in [0, 0.05) is 19.7 Å². The van der Waals surface area contributed by atoms with Gasteiger partial charge in [-0.05, 0) is 61.4 Å². The molecule has 0 spiro atoms. The van der Waals surface area contributed by atoms with Crippen molar-refractivity contribution in [1.29, 1.82) is 0 Å². The third kappa shape index (κ3) is 8.03. The Hall–Kier alpha value is -4.99. The summed E-state index contributed by atoms with van der Waals surface area (Å²) in [4.78, 5) is 34.5. The first-order valence-corrected chi connectivity index (χ1v) is 13.3. The predicted molar refractivity (Wildman–Crippen MR) is 158 cm³/mol. The van der Waals surface area contributed by atoms with Gasteiger partial charge < -0.3 is 33.4 Å². The van der Waals surface area contributed by atoms with E-state index in [9.17, 15) is 19.5 Å². The number of carbonyl (C=O) groups excluding carboxylic acids is 1. The molecule has 10 nitrogen and oxygen atoms in total. The van der Waals surface area contributed by atoms with Crippen LogP contribution in [0, 0.1) is 0 Å². The minimum atomic E-state index is -1.27. The number of benzene rings is 3. The van der Waals surface area contributed by atoms with Crippen LogP contribution < -0.4 is 24.4 Å². The van der Waals surface area contributed by atoms with Gasteiger partial charge in [-0.2, -0.15) is 0 Å². The molecule has 222 valence electrons. The van der Waals surface area contributed by atoms with Gasteiger partial charge >= 0.3 is 11.9 Å². The number of rotatable bonds is 11. The zero-order valence-electron chi connectivity index (χ0n) is 24.3. The summed E-state index contributed by atoms with van der Waals surface area (Å²) >= 11 is 0. The van der Waals surface area contributed by atoms with E-state index in [2.05, 4.69) is 4.74 Å². The molecule has 42 heavy (non-hydrogen) atoms. The molecule has 1 aromatic heterocycles. The lowest BCUT2D eigenvalue weighted by Crippen LogP contribution is -2.19. The highest BCUT2D eigenvalue weighted by molar-refractivity contribution is 5.95. The number of ether oxygens (including phenoxy) is 5. The number of aromatic nitrogens is 1. The van der Waals surface area contributed by atoms with Crippen molar-refractivity contribution in [2.45, 2.75) is 40.5 Å². The summed E-state index contributed by atoms with van der Waals surface area (Å²) in [6.45, 7) is 6.42. The van der Waals surface area contributed by atoms with Crippen molar-refractivity contribution < 1.29 is 38.4 Å². The molecule has 4 rings (SSSR count). The molecule has 0 saturated carbocycles. The van der Waals surface area contributed by atoms with E-state index in [0.29, 0.717) is 30.2 Å². The number of methoxy groups -OCH3 is 2. The largest absolute Gasteiger partial charge is 0.497 e. The maximum absolute atomic E-state index is 13.0. The summed E-state index contributed by atoms with van der Waals surface area (Å²) in [5.74, 6) is 0.800. The first kappa shape index (κ1) is 31.5. The first-order chi connectivity index (χ1) is 20.2. The Morgan fingerprint density at radius 3 is 1.79 bits per heavy atom. The average Bonchev–Trinajstić information content (AvgIpc) is 2.99. The molecule has 1 N–H and O–H groups in total. The molecule has 0 bridgehead atoms. The van der Waals surface area contributed by atoms with Crippen molar-refractivity contribution >= 4 is 22.8 Å². The fraction of sp³-hybridized carbons (Fsp3) is 0.281. The molecule has 3 aromatic carbocycles. The topological polar surface area (TPSA) is 123 Å². The van der Waals surface area contributed by atoms with E-state index in [1.807, 2.05) is 55.5 Å². The fourth-order valence-electron chi connectivity index (χ4n) is 4.06. The van der Waals surface area contributed by atoms with Crippen molar-refractivity contribution in [2.75, 3.05) is 20.8 Å². The van der Waals surface area contributed by atoms with E-state index in [4.69, 9.17) is 18.9 Å². The van der Waals surface area contributed by atoms with Crippen LogP contribution in [0.25, 0.3) is 10.9 Å². The molecule has 0 radical (unpaired) electrons. The van der Waals surface area contributed by atoms with Crippen molar-refractivity contribution in [3.63, 3.8) is 0 Å². The highest BCUT2D eigenvalue weighted by Gasteiger charge is 2.20. The van der Waals surface area contributed by atoms with Crippen LogP contribution in [0.1, 0.15) is 42.3 Å². The van der Waals surface area contributed by atoms with E-state index in [1.54, 1.807) is 37.8 Å². The van der Waals surface area contributed by atoms with Gasteiger partial charge in [0.05, 0.1) is 31.7 Å². The minimum Gasteiger partial charge on any atom is -0.497 e. The number of carboxylic acid groups (broad SMARTS) is 1. The quantitative estimate of drug-likeness (QED) is 0.231. The minimum absolute atomic E-state index is 0.209. The lowest BCUT2D eigenvalue weighted by atomic mass is 10.1. The standard InChI is InChI=1S/C28H27NO7.C4H8O2/c1-4-29-15-23(28(31)32)26(30)22-13-14-24(35-16-18-5-9-20(33-2)10-6-18)27(25(22)29)36-17-19-7-11-21(34-3)12-8-19;1-3-6-4(2)5/h5-15H,4,16-17H2,1-3H3,(H,31,32);3H2,1-2H3. The maximum Gasteiger partial charge on any atom is 0.341 e. The van der Waals surface area contributed by atoms with E-state index in [1.165, 1.54) is 13.1 Å². The highest BCUT2D eigenvalue weighted by Crippen LogP contribution is 2.36. The zero-order chi connectivity index (χ0) is 30.6. The van der Waals surface area contributed by atoms with Crippen LogP contribution in [-0.4, -0.2) is 42.4 Å². The molecule has 0 saturated heterocycles. The third-order valence-electron chi connectivity index (χ3n) is 6.17. The van der Waals surface area contributed by atoms with Crippen molar-refractivity contribution in [1.82, 2.24) is 4.57 Å². The number of carbonyl (C=O) groups is 2. The van der Waals surface area contributed by atoms with Crippen molar-refractivity contribution in [3.05, 3.63) is 93.8 Å². The number of aromatic carboxylic acids is 1. The van der Waals surface area contributed by atoms with Crippen LogP contribution in [0.15, 0.2) is 71.7 Å². The lowest BCUT2D eigenvalue weighted by molar-refractivity contribution is -0.140. The number of hydrogen-bond acceptors (Lipinski definition) is 8. The monoisotopic (exact) mass is 577 g/mol. The number of hydrogen-bond donors (Lipinski definition) is 1. The summed E-state index contributed by atoms with van der Waals surface area (Å²) in [6.07, 6.45) is 1.35. The van der Waals surface area contributed by atoms with Gasteiger partial charge in [-0.3, -0.25) is 9.59 Å². The van der Waals surface area contributed by atoms with Crippen molar-refractivity contribution in [3.8, 4) is 23.0 Å². The lowest BCUT2D eigenvalue weighted by Gasteiger charge is -2.19. The highest BCUT2D eigenvalue weighted by atomic mass is 16.5. The molecule has 0 fully saturated rings.